The molecular weight excluding hydrogens is 256 g/mol. The summed E-state index contributed by atoms with van der Waals surface area (Å²) in [5, 5.41) is 8.86. The van der Waals surface area contributed by atoms with Crippen molar-refractivity contribution in [3.63, 3.8) is 0 Å². The minimum absolute atomic E-state index is 0.0289. The number of benzene rings is 1. The molecule has 1 aromatic carbocycles. The number of nitrogen functional groups attached to an aromatic ring is 1. The van der Waals surface area contributed by atoms with Gasteiger partial charge < -0.3 is 15.7 Å². The van der Waals surface area contributed by atoms with Gasteiger partial charge in [0.05, 0.1) is 24.3 Å². The molecule has 1 aromatic heterocycles. The van der Waals surface area contributed by atoms with Crippen molar-refractivity contribution in [1.29, 1.82) is 0 Å². The van der Waals surface area contributed by atoms with Crippen molar-refractivity contribution in [2.75, 3.05) is 17.2 Å². The molecule has 0 saturated carbocycles. The van der Waals surface area contributed by atoms with Crippen LogP contribution in [0.2, 0.25) is 0 Å². The van der Waals surface area contributed by atoms with Crippen molar-refractivity contribution in [1.82, 2.24) is 9.97 Å². The van der Waals surface area contributed by atoms with Crippen LogP contribution in [0, 0.1) is 0 Å². The van der Waals surface area contributed by atoms with E-state index >= 15 is 0 Å². The summed E-state index contributed by atoms with van der Waals surface area (Å²) in [6.07, 6.45) is 3.35. The van der Waals surface area contributed by atoms with E-state index in [9.17, 15) is 4.79 Å². The third kappa shape index (κ3) is 3.68. The average Bonchev–Trinajstić information content (AvgIpc) is 2.45. The molecule has 1 heterocycles. The smallest absolute Gasteiger partial charge is 0.305 e. The summed E-state index contributed by atoms with van der Waals surface area (Å²) >= 11 is 0. The van der Waals surface area contributed by atoms with Crippen molar-refractivity contribution < 1.29 is 9.90 Å². The molecule has 0 fully saturated rings. The van der Waals surface area contributed by atoms with Gasteiger partial charge in [0.25, 0.3) is 0 Å². The van der Waals surface area contributed by atoms with Gasteiger partial charge in [0.2, 0.25) is 0 Å². The zero-order chi connectivity index (χ0) is 14.4. The molecule has 0 amide bonds. The molecule has 6 heteroatoms. The molecule has 0 bridgehead atoms. The van der Waals surface area contributed by atoms with Crippen molar-refractivity contribution >= 4 is 17.3 Å². The monoisotopic (exact) mass is 272 g/mol. The second-order valence-electron chi connectivity index (χ2n) is 4.29. The summed E-state index contributed by atoms with van der Waals surface area (Å²) in [7, 11) is 0. The Kier molecular flexibility index (Phi) is 4.49. The van der Waals surface area contributed by atoms with Crippen molar-refractivity contribution in [2.24, 2.45) is 0 Å². The third-order valence-electron chi connectivity index (χ3n) is 2.82. The van der Waals surface area contributed by atoms with Crippen LogP contribution in [0.4, 0.5) is 11.4 Å². The van der Waals surface area contributed by atoms with Crippen LogP contribution < -0.4 is 10.6 Å². The van der Waals surface area contributed by atoms with E-state index in [1.54, 1.807) is 24.5 Å². The quantitative estimate of drug-likeness (QED) is 0.775. The number of carboxylic acid groups (broad SMARTS) is 1. The van der Waals surface area contributed by atoms with Crippen LogP contribution in [0.1, 0.15) is 12.2 Å². The zero-order valence-corrected chi connectivity index (χ0v) is 10.9. The first-order chi connectivity index (χ1) is 9.66. The van der Waals surface area contributed by atoms with Gasteiger partial charge in [0.15, 0.2) is 0 Å². The van der Waals surface area contributed by atoms with Gasteiger partial charge >= 0.3 is 5.97 Å². The van der Waals surface area contributed by atoms with Crippen LogP contribution >= 0.6 is 0 Å². The summed E-state index contributed by atoms with van der Waals surface area (Å²) in [5.74, 6) is -0.223. The van der Waals surface area contributed by atoms with E-state index in [1.807, 2.05) is 23.1 Å². The number of rotatable bonds is 6. The number of aliphatic carboxylic acids is 1. The van der Waals surface area contributed by atoms with E-state index in [4.69, 9.17) is 10.8 Å². The molecule has 3 N–H and O–H groups in total. The number of carbonyl (C=O) groups is 1. The molecule has 0 spiro atoms. The Morgan fingerprint density at radius 1 is 1.20 bits per heavy atom. The Bertz CT molecular complexity index is 574. The van der Waals surface area contributed by atoms with Crippen LogP contribution in [0.15, 0.2) is 42.7 Å². The molecule has 0 atom stereocenters. The molecule has 2 rings (SSSR count). The highest BCUT2D eigenvalue weighted by molar-refractivity contribution is 5.70. The first kappa shape index (κ1) is 13.8. The number of carboxylic acids is 1. The van der Waals surface area contributed by atoms with Gasteiger partial charge in [-0.1, -0.05) is 12.1 Å². The second kappa shape index (κ2) is 6.51. The topological polar surface area (TPSA) is 92.3 Å². The molecule has 0 unspecified atom stereocenters. The van der Waals surface area contributed by atoms with Gasteiger partial charge in [0.1, 0.15) is 5.82 Å². The Labute approximate surface area is 116 Å². The highest BCUT2D eigenvalue weighted by atomic mass is 16.4. The van der Waals surface area contributed by atoms with Crippen LogP contribution in [0.5, 0.6) is 0 Å². The third-order valence-corrected chi connectivity index (χ3v) is 2.82. The molecule has 0 radical (unpaired) electrons. The molecule has 104 valence electrons. The Morgan fingerprint density at radius 3 is 2.55 bits per heavy atom. The molecular formula is C14H16N4O2. The lowest BCUT2D eigenvalue weighted by Gasteiger charge is -2.24. The first-order valence-electron chi connectivity index (χ1n) is 6.24. The van der Waals surface area contributed by atoms with Crippen LogP contribution in [-0.4, -0.2) is 27.6 Å². The van der Waals surface area contributed by atoms with Gasteiger partial charge in [-0.3, -0.25) is 4.79 Å². The minimum Gasteiger partial charge on any atom is -0.481 e. The number of hydrogen-bond acceptors (Lipinski definition) is 5. The average molecular weight is 272 g/mol. The maximum absolute atomic E-state index is 10.8. The predicted octanol–water partition coefficient (Wildman–Crippen LogP) is 1.54. The highest BCUT2D eigenvalue weighted by Crippen LogP contribution is 2.23. The lowest BCUT2D eigenvalue weighted by atomic mass is 10.2. The largest absolute Gasteiger partial charge is 0.481 e. The predicted molar refractivity (Wildman–Crippen MR) is 76.2 cm³/mol. The fourth-order valence-electron chi connectivity index (χ4n) is 1.87. The minimum atomic E-state index is -0.849. The fraction of sp³-hybridized carbons (Fsp3) is 0.214. The molecule has 6 nitrogen and oxygen atoms in total. The van der Waals surface area contributed by atoms with E-state index in [2.05, 4.69) is 9.97 Å². The number of aromatic nitrogens is 2. The van der Waals surface area contributed by atoms with Gasteiger partial charge in [-0.05, 0) is 18.2 Å². The van der Waals surface area contributed by atoms with E-state index in [1.165, 1.54) is 0 Å². The number of nitrogens with two attached hydrogens (primary N) is 1. The number of nitrogens with zero attached hydrogens (tertiary/aromatic N) is 3. The normalized spacial score (nSPS) is 10.2. The maximum atomic E-state index is 10.8. The molecule has 0 saturated heterocycles. The van der Waals surface area contributed by atoms with E-state index < -0.39 is 5.97 Å². The molecule has 2 aromatic rings. The lowest BCUT2D eigenvalue weighted by molar-refractivity contribution is -0.136. The van der Waals surface area contributed by atoms with Gasteiger partial charge in [0, 0.05) is 18.9 Å². The van der Waals surface area contributed by atoms with Crippen molar-refractivity contribution in [3.05, 3.63) is 48.5 Å². The van der Waals surface area contributed by atoms with E-state index in [-0.39, 0.29) is 6.42 Å². The zero-order valence-electron chi connectivity index (χ0n) is 10.9. The second-order valence-corrected chi connectivity index (χ2v) is 4.29. The summed E-state index contributed by atoms with van der Waals surface area (Å²) < 4.78 is 0. The van der Waals surface area contributed by atoms with Gasteiger partial charge in [-0.2, -0.15) is 0 Å². The molecule has 0 aliphatic heterocycles. The van der Waals surface area contributed by atoms with Crippen LogP contribution in [-0.2, 0) is 11.3 Å². The summed E-state index contributed by atoms with van der Waals surface area (Å²) in [6, 6.07) is 9.09. The molecule has 20 heavy (non-hydrogen) atoms. The number of hydrogen-bond donors (Lipinski definition) is 2. The summed E-state index contributed by atoms with van der Waals surface area (Å²) in [5.41, 5.74) is 7.35. The first-order valence-corrected chi connectivity index (χ1v) is 6.24. The fourth-order valence-corrected chi connectivity index (χ4v) is 1.87. The van der Waals surface area contributed by atoms with Crippen LogP contribution in [0.3, 0.4) is 0 Å². The highest BCUT2D eigenvalue weighted by Gasteiger charge is 2.13. The summed E-state index contributed by atoms with van der Waals surface area (Å²) in [4.78, 5) is 21.0. The van der Waals surface area contributed by atoms with E-state index in [0.29, 0.717) is 24.6 Å². The maximum Gasteiger partial charge on any atom is 0.305 e. The SMILES string of the molecule is Nc1ccccc1N(CCC(=O)O)Cc1ncccn1. The van der Waals surface area contributed by atoms with Crippen molar-refractivity contribution in [2.45, 2.75) is 13.0 Å². The van der Waals surface area contributed by atoms with Gasteiger partial charge in [-0.15, -0.1) is 0 Å². The summed E-state index contributed by atoms with van der Waals surface area (Å²) in [6.45, 7) is 0.768. The Balaban J connectivity index is 2.20. The van der Waals surface area contributed by atoms with E-state index in [0.717, 1.165) is 5.69 Å². The van der Waals surface area contributed by atoms with Crippen molar-refractivity contribution in [3.8, 4) is 0 Å². The Morgan fingerprint density at radius 2 is 1.90 bits per heavy atom. The lowest BCUT2D eigenvalue weighted by Crippen LogP contribution is -2.27. The number of para-hydroxylation sites is 2. The van der Waals surface area contributed by atoms with Crippen LogP contribution in [0.25, 0.3) is 0 Å². The standard InChI is InChI=1S/C14H16N4O2/c15-11-4-1-2-5-12(11)18(9-6-14(19)20)10-13-16-7-3-8-17-13/h1-5,7-8H,6,9-10,15H2,(H,19,20). The van der Waals surface area contributed by atoms with Gasteiger partial charge in [-0.25, -0.2) is 9.97 Å². The Hall–Kier alpha value is -2.63. The number of anilines is 2. The molecule has 0 aliphatic carbocycles. The molecule has 0 aliphatic rings.